The van der Waals surface area contributed by atoms with Crippen molar-refractivity contribution in [1.29, 1.82) is 0 Å². The second kappa shape index (κ2) is 4.34. The molecule has 0 bridgehead atoms. The first-order chi connectivity index (χ1) is 8.22. The largest absolute Gasteiger partial charge is 0.461 e. The van der Waals surface area contributed by atoms with E-state index in [-0.39, 0.29) is 11.2 Å². The lowest BCUT2D eigenvalue weighted by molar-refractivity contribution is 0.526. The average Bonchev–Trinajstić information content (AvgIpc) is 3.07. The van der Waals surface area contributed by atoms with E-state index in [1.165, 1.54) is 25.0 Å². The summed E-state index contributed by atoms with van der Waals surface area (Å²) >= 11 is 6.25. The van der Waals surface area contributed by atoms with Crippen molar-refractivity contribution in [2.75, 3.05) is 0 Å². The fourth-order valence-electron chi connectivity index (χ4n) is 2.17. The second-order valence-corrected chi connectivity index (χ2v) is 5.35. The van der Waals surface area contributed by atoms with E-state index in [0.717, 1.165) is 29.6 Å². The van der Waals surface area contributed by atoms with E-state index in [1.54, 1.807) is 6.07 Å². The Balaban J connectivity index is 1.72. The minimum Gasteiger partial charge on any atom is -0.461 e. The Labute approximate surface area is 105 Å². The summed E-state index contributed by atoms with van der Waals surface area (Å²) in [4.78, 5) is 0. The molecule has 0 radical (unpaired) electrons. The highest BCUT2D eigenvalue weighted by Crippen LogP contribution is 2.37. The van der Waals surface area contributed by atoms with E-state index in [4.69, 9.17) is 16.0 Å². The van der Waals surface area contributed by atoms with E-state index < -0.39 is 0 Å². The fraction of sp³-hybridized carbons (Fsp3) is 0.429. The van der Waals surface area contributed by atoms with E-state index in [1.807, 2.05) is 6.07 Å². The standard InChI is InChI=1S/C14H14ClFO/c15-13(9-1-2-9)5-4-12-8-10-7-11(16)3-6-14(10)17-12/h3,6-9,13H,1-2,4-5H2. The fourth-order valence-corrected chi connectivity index (χ4v) is 2.53. The topological polar surface area (TPSA) is 13.1 Å². The molecule has 1 aliphatic rings. The zero-order valence-electron chi connectivity index (χ0n) is 9.46. The highest BCUT2D eigenvalue weighted by atomic mass is 35.5. The average molecular weight is 253 g/mol. The highest BCUT2D eigenvalue weighted by molar-refractivity contribution is 6.20. The Morgan fingerprint density at radius 1 is 1.35 bits per heavy atom. The van der Waals surface area contributed by atoms with E-state index in [0.29, 0.717) is 5.92 Å². The Morgan fingerprint density at radius 3 is 2.94 bits per heavy atom. The van der Waals surface area contributed by atoms with Gasteiger partial charge in [-0.05, 0) is 49.4 Å². The monoisotopic (exact) mass is 252 g/mol. The summed E-state index contributed by atoms with van der Waals surface area (Å²) in [7, 11) is 0. The number of rotatable bonds is 4. The lowest BCUT2D eigenvalue weighted by atomic mass is 10.1. The van der Waals surface area contributed by atoms with Crippen LogP contribution in [-0.2, 0) is 6.42 Å². The molecule has 90 valence electrons. The van der Waals surface area contributed by atoms with E-state index in [2.05, 4.69) is 0 Å². The third-order valence-electron chi connectivity index (χ3n) is 3.33. The maximum atomic E-state index is 13.0. The summed E-state index contributed by atoms with van der Waals surface area (Å²) in [5, 5.41) is 1.09. The number of hydrogen-bond donors (Lipinski definition) is 0. The van der Waals surface area contributed by atoms with Gasteiger partial charge in [0.25, 0.3) is 0 Å². The minimum atomic E-state index is -0.224. The molecule has 1 heterocycles. The van der Waals surface area contributed by atoms with Crippen molar-refractivity contribution in [3.05, 3.63) is 35.8 Å². The van der Waals surface area contributed by atoms with Crippen molar-refractivity contribution < 1.29 is 8.81 Å². The first-order valence-corrected chi connectivity index (χ1v) is 6.48. The number of aryl methyl sites for hydroxylation is 1. The van der Waals surface area contributed by atoms with Crippen LogP contribution in [0, 0.1) is 11.7 Å². The van der Waals surface area contributed by atoms with Crippen molar-refractivity contribution in [3.8, 4) is 0 Å². The molecule has 1 saturated carbocycles. The molecule has 0 aliphatic heterocycles. The van der Waals surface area contributed by atoms with Crippen molar-refractivity contribution in [2.45, 2.75) is 31.1 Å². The molecule has 1 atom stereocenters. The van der Waals surface area contributed by atoms with Gasteiger partial charge in [0.1, 0.15) is 17.2 Å². The van der Waals surface area contributed by atoms with Crippen LogP contribution in [0.4, 0.5) is 4.39 Å². The number of benzene rings is 1. The summed E-state index contributed by atoms with van der Waals surface area (Å²) in [6, 6.07) is 6.51. The van der Waals surface area contributed by atoms with Gasteiger partial charge in [0.15, 0.2) is 0 Å². The van der Waals surface area contributed by atoms with Gasteiger partial charge in [0.05, 0.1) is 0 Å². The number of halogens is 2. The molecule has 1 unspecified atom stereocenters. The second-order valence-electron chi connectivity index (χ2n) is 4.79. The van der Waals surface area contributed by atoms with Gasteiger partial charge in [-0.3, -0.25) is 0 Å². The van der Waals surface area contributed by atoms with Crippen molar-refractivity contribution in [3.63, 3.8) is 0 Å². The first kappa shape index (κ1) is 11.1. The normalized spacial score (nSPS) is 17.5. The van der Waals surface area contributed by atoms with Crippen LogP contribution in [0.25, 0.3) is 11.0 Å². The predicted molar refractivity (Wildman–Crippen MR) is 66.9 cm³/mol. The third-order valence-corrected chi connectivity index (χ3v) is 3.90. The maximum absolute atomic E-state index is 13.0. The molecule has 0 amide bonds. The van der Waals surface area contributed by atoms with E-state index >= 15 is 0 Å². The van der Waals surface area contributed by atoms with Crippen LogP contribution in [0.5, 0.6) is 0 Å². The molecule has 0 saturated heterocycles. The zero-order chi connectivity index (χ0) is 11.8. The molecular formula is C14H14ClFO. The first-order valence-electron chi connectivity index (χ1n) is 6.04. The number of fused-ring (bicyclic) bond motifs is 1. The van der Waals surface area contributed by atoms with Crippen LogP contribution in [0.1, 0.15) is 25.0 Å². The molecule has 17 heavy (non-hydrogen) atoms. The van der Waals surface area contributed by atoms with Gasteiger partial charge in [-0.2, -0.15) is 0 Å². The molecule has 1 aliphatic carbocycles. The van der Waals surface area contributed by atoms with Gasteiger partial charge in [-0.15, -0.1) is 11.6 Å². The Morgan fingerprint density at radius 2 is 2.18 bits per heavy atom. The lowest BCUT2D eigenvalue weighted by Gasteiger charge is -2.04. The number of hydrogen-bond acceptors (Lipinski definition) is 1. The molecule has 3 heteroatoms. The highest BCUT2D eigenvalue weighted by Gasteiger charge is 2.29. The Kier molecular flexibility index (Phi) is 2.83. The van der Waals surface area contributed by atoms with Crippen LogP contribution in [0.3, 0.4) is 0 Å². The Hall–Kier alpha value is -1.02. The summed E-state index contributed by atoms with van der Waals surface area (Å²) in [6.07, 6.45) is 4.30. The van der Waals surface area contributed by atoms with Gasteiger partial charge >= 0.3 is 0 Å². The van der Waals surface area contributed by atoms with Gasteiger partial charge in [0.2, 0.25) is 0 Å². The molecule has 0 spiro atoms. The molecule has 1 nitrogen and oxygen atoms in total. The summed E-state index contributed by atoms with van der Waals surface area (Å²) in [5.41, 5.74) is 0.749. The van der Waals surface area contributed by atoms with Crippen LogP contribution in [-0.4, -0.2) is 5.38 Å². The SMILES string of the molecule is Fc1ccc2oc(CCC(Cl)C3CC3)cc2c1. The molecule has 1 aromatic carbocycles. The molecule has 3 rings (SSSR count). The van der Waals surface area contributed by atoms with Crippen LogP contribution < -0.4 is 0 Å². The third kappa shape index (κ3) is 2.47. The predicted octanol–water partition coefficient (Wildman–Crippen LogP) is 4.52. The van der Waals surface area contributed by atoms with Crippen LogP contribution in [0.15, 0.2) is 28.7 Å². The summed E-state index contributed by atoms with van der Waals surface area (Å²) in [5.74, 6) is 1.38. The quantitative estimate of drug-likeness (QED) is 0.729. The van der Waals surface area contributed by atoms with Crippen LogP contribution in [0.2, 0.25) is 0 Å². The number of furan rings is 1. The molecular weight excluding hydrogens is 239 g/mol. The van der Waals surface area contributed by atoms with Gasteiger partial charge in [-0.1, -0.05) is 0 Å². The summed E-state index contributed by atoms with van der Waals surface area (Å²) < 4.78 is 18.7. The molecule has 1 aromatic heterocycles. The maximum Gasteiger partial charge on any atom is 0.134 e. The van der Waals surface area contributed by atoms with Crippen LogP contribution >= 0.6 is 11.6 Å². The molecule has 0 N–H and O–H groups in total. The number of alkyl halides is 1. The van der Waals surface area contributed by atoms with Gasteiger partial charge in [0, 0.05) is 17.2 Å². The minimum absolute atomic E-state index is 0.224. The van der Waals surface area contributed by atoms with Crippen molar-refractivity contribution in [2.24, 2.45) is 5.92 Å². The van der Waals surface area contributed by atoms with Crippen molar-refractivity contribution in [1.82, 2.24) is 0 Å². The Bertz CT molecular complexity index is 530. The van der Waals surface area contributed by atoms with Gasteiger partial charge in [-0.25, -0.2) is 4.39 Å². The molecule has 2 aromatic rings. The van der Waals surface area contributed by atoms with Crippen molar-refractivity contribution >= 4 is 22.6 Å². The van der Waals surface area contributed by atoms with Gasteiger partial charge < -0.3 is 4.42 Å². The molecule has 1 fully saturated rings. The smallest absolute Gasteiger partial charge is 0.134 e. The lowest BCUT2D eigenvalue weighted by Crippen LogP contribution is -2.02. The summed E-state index contributed by atoms with van der Waals surface area (Å²) in [6.45, 7) is 0. The van der Waals surface area contributed by atoms with E-state index in [9.17, 15) is 4.39 Å². The zero-order valence-corrected chi connectivity index (χ0v) is 10.2.